The number of hydrogen-bond acceptors (Lipinski definition) is 4. The Kier molecular flexibility index (Phi) is 5.11. The van der Waals surface area contributed by atoms with Gasteiger partial charge in [0, 0.05) is 31.7 Å². The van der Waals surface area contributed by atoms with E-state index in [1.165, 1.54) is 6.92 Å². The fourth-order valence-electron chi connectivity index (χ4n) is 2.90. The van der Waals surface area contributed by atoms with Gasteiger partial charge in [0.25, 0.3) is 0 Å². The maximum Gasteiger partial charge on any atom is 0.240 e. The van der Waals surface area contributed by atoms with Crippen molar-refractivity contribution in [1.82, 2.24) is 10.0 Å². The van der Waals surface area contributed by atoms with Crippen molar-refractivity contribution in [2.75, 3.05) is 24.5 Å². The Balaban J connectivity index is 0.00000176. The second kappa shape index (κ2) is 6.54. The van der Waals surface area contributed by atoms with Gasteiger partial charge in [-0.15, -0.1) is 12.4 Å². The normalized spacial score (nSPS) is 20.6. The van der Waals surface area contributed by atoms with Crippen LogP contribution in [-0.2, 0) is 21.2 Å². The molecule has 1 fully saturated rings. The lowest BCUT2D eigenvalue weighted by Gasteiger charge is -2.17. The number of nitrogens with one attached hydrogen (secondary N) is 2. The fourth-order valence-corrected chi connectivity index (χ4v) is 4.19. The zero-order chi connectivity index (χ0) is 15.0. The lowest BCUT2D eigenvalue weighted by Crippen LogP contribution is -2.36. The largest absolute Gasteiger partial charge is 0.315 e. The van der Waals surface area contributed by atoms with Gasteiger partial charge in [0.1, 0.15) is 0 Å². The first-order chi connectivity index (χ1) is 9.97. The number of benzene rings is 1. The molecule has 0 bridgehead atoms. The standard InChI is InChI=1S/C14H19N3O3S.ClH/c1-10(18)17-7-5-11-2-3-13(8-14(11)17)21(19,20)16-12-4-6-15-9-12;/h2-3,8,12,15-16H,4-7,9H2,1H3;1H. The predicted octanol–water partition coefficient (Wildman–Crippen LogP) is 0.658. The van der Waals surface area contributed by atoms with E-state index >= 15 is 0 Å². The van der Waals surface area contributed by atoms with Gasteiger partial charge in [-0.05, 0) is 37.1 Å². The van der Waals surface area contributed by atoms with Crippen molar-refractivity contribution in [3.05, 3.63) is 23.8 Å². The topological polar surface area (TPSA) is 78.5 Å². The van der Waals surface area contributed by atoms with Crippen molar-refractivity contribution < 1.29 is 13.2 Å². The zero-order valence-corrected chi connectivity index (χ0v) is 14.0. The highest BCUT2D eigenvalue weighted by Gasteiger charge is 2.27. The van der Waals surface area contributed by atoms with E-state index in [0.29, 0.717) is 13.1 Å². The Morgan fingerprint density at radius 2 is 2.18 bits per heavy atom. The molecule has 1 unspecified atom stereocenters. The molecule has 0 aromatic heterocycles. The fraction of sp³-hybridized carbons (Fsp3) is 0.500. The van der Waals surface area contributed by atoms with E-state index in [2.05, 4.69) is 10.0 Å². The third kappa shape index (κ3) is 3.27. The highest BCUT2D eigenvalue weighted by Crippen LogP contribution is 2.30. The van der Waals surface area contributed by atoms with Crippen LogP contribution in [0.25, 0.3) is 0 Å². The van der Waals surface area contributed by atoms with Gasteiger partial charge in [0.2, 0.25) is 15.9 Å². The molecule has 1 saturated heterocycles. The molecule has 122 valence electrons. The van der Waals surface area contributed by atoms with Crippen molar-refractivity contribution in [1.29, 1.82) is 0 Å². The summed E-state index contributed by atoms with van der Waals surface area (Å²) < 4.78 is 27.6. The van der Waals surface area contributed by atoms with E-state index in [-0.39, 0.29) is 29.3 Å². The summed E-state index contributed by atoms with van der Waals surface area (Å²) in [6.07, 6.45) is 1.57. The molecule has 1 atom stereocenters. The summed E-state index contributed by atoms with van der Waals surface area (Å²) in [4.78, 5) is 13.5. The highest BCUT2D eigenvalue weighted by molar-refractivity contribution is 7.89. The molecule has 22 heavy (non-hydrogen) atoms. The molecule has 1 amide bonds. The average molecular weight is 346 g/mol. The van der Waals surface area contributed by atoms with Gasteiger partial charge in [-0.3, -0.25) is 4.79 Å². The molecule has 2 N–H and O–H groups in total. The third-order valence-electron chi connectivity index (χ3n) is 4.02. The van der Waals surface area contributed by atoms with Crippen LogP contribution in [0.5, 0.6) is 0 Å². The lowest BCUT2D eigenvalue weighted by molar-refractivity contribution is -0.116. The zero-order valence-electron chi connectivity index (χ0n) is 12.3. The summed E-state index contributed by atoms with van der Waals surface area (Å²) in [6, 6.07) is 4.97. The van der Waals surface area contributed by atoms with Crippen molar-refractivity contribution in [3.8, 4) is 0 Å². The second-order valence-corrected chi connectivity index (χ2v) is 7.24. The predicted molar refractivity (Wildman–Crippen MR) is 87.0 cm³/mol. The summed E-state index contributed by atoms with van der Waals surface area (Å²) in [5, 5.41) is 3.13. The number of carbonyl (C=O) groups excluding carboxylic acids is 1. The summed E-state index contributed by atoms with van der Waals surface area (Å²) in [5.41, 5.74) is 1.74. The molecule has 1 aromatic rings. The number of sulfonamides is 1. The van der Waals surface area contributed by atoms with Crippen LogP contribution < -0.4 is 14.9 Å². The molecule has 0 aliphatic carbocycles. The molecule has 0 radical (unpaired) electrons. The monoisotopic (exact) mass is 345 g/mol. The first-order valence-corrected chi connectivity index (χ1v) is 8.60. The van der Waals surface area contributed by atoms with Gasteiger partial charge < -0.3 is 10.2 Å². The Morgan fingerprint density at radius 3 is 2.82 bits per heavy atom. The minimum atomic E-state index is -3.54. The van der Waals surface area contributed by atoms with Crippen LogP contribution in [0, 0.1) is 0 Å². The van der Waals surface area contributed by atoms with E-state index in [9.17, 15) is 13.2 Å². The quantitative estimate of drug-likeness (QED) is 0.843. The van der Waals surface area contributed by atoms with E-state index in [4.69, 9.17) is 0 Å². The van der Waals surface area contributed by atoms with Gasteiger partial charge >= 0.3 is 0 Å². The van der Waals surface area contributed by atoms with Gasteiger partial charge in [-0.25, -0.2) is 13.1 Å². The summed E-state index contributed by atoms with van der Waals surface area (Å²) >= 11 is 0. The Labute approximate surface area is 136 Å². The Hall–Kier alpha value is -1.15. The van der Waals surface area contributed by atoms with Crippen LogP contribution in [0.2, 0.25) is 0 Å². The van der Waals surface area contributed by atoms with Crippen molar-refractivity contribution >= 4 is 34.0 Å². The Bertz CT molecular complexity index is 672. The maximum atomic E-state index is 12.4. The highest BCUT2D eigenvalue weighted by atomic mass is 35.5. The van der Waals surface area contributed by atoms with Crippen LogP contribution >= 0.6 is 12.4 Å². The molecule has 1 aromatic carbocycles. The van der Waals surface area contributed by atoms with Crippen LogP contribution in [0.3, 0.4) is 0 Å². The van der Waals surface area contributed by atoms with Gasteiger partial charge in [0.05, 0.1) is 4.90 Å². The number of halogens is 1. The molecule has 3 rings (SSSR count). The van der Waals surface area contributed by atoms with Crippen molar-refractivity contribution in [2.24, 2.45) is 0 Å². The minimum absolute atomic E-state index is 0. The molecule has 2 heterocycles. The van der Waals surface area contributed by atoms with E-state index in [1.54, 1.807) is 23.1 Å². The number of nitrogens with zero attached hydrogens (tertiary/aromatic N) is 1. The molecule has 2 aliphatic heterocycles. The SMILES string of the molecule is CC(=O)N1CCc2ccc(S(=O)(=O)NC3CCNC3)cc21.Cl. The molecular weight excluding hydrogens is 326 g/mol. The number of rotatable bonds is 3. The van der Waals surface area contributed by atoms with Crippen LogP contribution in [0.1, 0.15) is 18.9 Å². The maximum absolute atomic E-state index is 12.4. The van der Waals surface area contributed by atoms with Crippen molar-refractivity contribution in [3.63, 3.8) is 0 Å². The van der Waals surface area contributed by atoms with E-state index < -0.39 is 10.0 Å². The number of amides is 1. The van der Waals surface area contributed by atoms with E-state index in [1.807, 2.05) is 0 Å². The molecule has 8 heteroatoms. The molecule has 6 nitrogen and oxygen atoms in total. The van der Waals surface area contributed by atoms with Gasteiger partial charge in [-0.1, -0.05) is 6.07 Å². The average Bonchev–Trinajstić information content (AvgIpc) is 3.05. The van der Waals surface area contributed by atoms with Gasteiger partial charge in [0.15, 0.2) is 0 Å². The second-order valence-electron chi connectivity index (χ2n) is 5.52. The molecule has 0 spiro atoms. The summed E-state index contributed by atoms with van der Waals surface area (Å²) in [6.45, 7) is 3.60. The van der Waals surface area contributed by atoms with Crippen LogP contribution in [-0.4, -0.2) is 40.0 Å². The van der Waals surface area contributed by atoms with Crippen molar-refractivity contribution in [2.45, 2.75) is 30.7 Å². The van der Waals surface area contributed by atoms with E-state index in [0.717, 1.165) is 30.6 Å². The lowest BCUT2D eigenvalue weighted by atomic mass is 10.2. The number of carbonyl (C=O) groups is 1. The number of fused-ring (bicyclic) bond motifs is 1. The molecule has 0 saturated carbocycles. The first-order valence-electron chi connectivity index (χ1n) is 7.11. The number of anilines is 1. The first kappa shape index (κ1) is 17.2. The van der Waals surface area contributed by atoms with Gasteiger partial charge in [-0.2, -0.15) is 0 Å². The molecule has 2 aliphatic rings. The molecular formula is C14H20ClN3O3S. The smallest absolute Gasteiger partial charge is 0.240 e. The number of hydrogen-bond donors (Lipinski definition) is 2. The summed E-state index contributed by atoms with van der Waals surface area (Å²) in [5.74, 6) is -0.0590. The summed E-state index contributed by atoms with van der Waals surface area (Å²) in [7, 11) is -3.54. The van der Waals surface area contributed by atoms with Crippen LogP contribution in [0.4, 0.5) is 5.69 Å². The van der Waals surface area contributed by atoms with Crippen LogP contribution in [0.15, 0.2) is 23.1 Å². The minimum Gasteiger partial charge on any atom is -0.315 e. The third-order valence-corrected chi connectivity index (χ3v) is 5.54. The Morgan fingerprint density at radius 1 is 1.41 bits per heavy atom.